The molecule has 0 fully saturated rings. The quantitative estimate of drug-likeness (QED) is 0.947. The van der Waals surface area contributed by atoms with Crippen LogP contribution in [0.1, 0.15) is 37.0 Å². The van der Waals surface area contributed by atoms with Gasteiger partial charge >= 0.3 is 0 Å². The monoisotopic (exact) mass is 306 g/mol. The second-order valence-corrected chi connectivity index (χ2v) is 5.35. The minimum absolute atomic E-state index is 0.247. The normalized spacial score (nSPS) is 10.9. The summed E-state index contributed by atoms with van der Waals surface area (Å²) in [4.78, 5) is 12.8. The van der Waals surface area contributed by atoms with Crippen molar-refractivity contribution in [1.82, 2.24) is 15.0 Å². The van der Waals surface area contributed by atoms with Gasteiger partial charge in [-0.1, -0.05) is 41.9 Å². The van der Waals surface area contributed by atoms with Crippen LogP contribution < -0.4 is 5.73 Å². The van der Waals surface area contributed by atoms with Crippen LogP contribution in [0, 0.1) is 0 Å². The van der Waals surface area contributed by atoms with E-state index >= 15 is 0 Å². The minimum atomic E-state index is 0.247. The molecule has 94 valence electrons. The zero-order chi connectivity index (χ0) is 13.1. The third-order valence-electron chi connectivity index (χ3n) is 2.48. The standard InChI is InChI=1S/C13H15BrN4/c1-8(2)12-16-11(17-13(15)18-12)7-9-4-3-5-10(14)6-9/h3-6,8H,7H2,1-2H3,(H2,15,16,17,18). The van der Waals surface area contributed by atoms with Crippen molar-refractivity contribution in [3.8, 4) is 0 Å². The van der Waals surface area contributed by atoms with E-state index in [-0.39, 0.29) is 5.92 Å². The summed E-state index contributed by atoms with van der Waals surface area (Å²) in [5, 5.41) is 0. The summed E-state index contributed by atoms with van der Waals surface area (Å²) in [5.41, 5.74) is 6.85. The molecule has 0 aliphatic rings. The Labute approximate surface area is 115 Å². The number of benzene rings is 1. The molecule has 0 spiro atoms. The maximum Gasteiger partial charge on any atom is 0.223 e. The second-order valence-electron chi connectivity index (χ2n) is 4.43. The first-order valence-electron chi connectivity index (χ1n) is 5.79. The molecule has 2 rings (SSSR count). The molecule has 1 aromatic heterocycles. The highest BCUT2D eigenvalue weighted by atomic mass is 79.9. The summed E-state index contributed by atoms with van der Waals surface area (Å²) in [6.45, 7) is 4.08. The van der Waals surface area contributed by atoms with E-state index in [1.54, 1.807) is 0 Å². The van der Waals surface area contributed by atoms with Crippen LogP contribution in [0.5, 0.6) is 0 Å². The summed E-state index contributed by atoms with van der Waals surface area (Å²) in [5.74, 6) is 1.99. The number of rotatable bonds is 3. The molecule has 5 heteroatoms. The lowest BCUT2D eigenvalue weighted by atomic mass is 10.1. The molecule has 1 aromatic carbocycles. The van der Waals surface area contributed by atoms with Crippen molar-refractivity contribution in [2.45, 2.75) is 26.2 Å². The second kappa shape index (κ2) is 5.44. The summed E-state index contributed by atoms with van der Waals surface area (Å²) >= 11 is 3.45. The molecule has 1 heterocycles. The third kappa shape index (κ3) is 3.26. The van der Waals surface area contributed by atoms with Gasteiger partial charge in [0, 0.05) is 16.8 Å². The van der Waals surface area contributed by atoms with Gasteiger partial charge in [-0.05, 0) is 17.7 Å². The molecule has 4 nitrogen and oxygen atoms in total. The van der Waals surface area contributed by atoms with Crippen LogP contribution in [-0.4, -0.2) is 15.0 Å². The van der Waals surface area contributed by atoms with Crippen LogP contribution in [0.4, 0.5) is 5.95 Å². The highest BCUT2D eigenvalue weighted by molar-refractivity contribution is 9.10. The third-order valence-corrected chi connectivity index (χ3v) is 2.98. The van der Waals surface area contributed by atoms with Gasteiger partial charge in [-0.15, -0.1) is 0 Å². The Balaban J connectivity index is 2.29. The van der Waals surface area contributed by atoms with Gasteiger partial charge < -0.3 is 5.73 Å². The van der Waals surface area contributed by atoms with Crippen molar-refractivity contribution in [1.29, 1.82) is 0 Å². The van der Waals surface area contributed by atoms with Gasteiger partial charge in [0.15, 0.2) is 0 Å². The molecule has 0 amide bonds. The zero-order valence-electron chi connectivity index (χ0n) is 10.4. The van der Waals surface area contributed by atoms with Crippen LogP contribution in [0.25, 0.3) is 0 Å². The van der Waals surface area contributed by atoms with Gasteiger partial charge in [0.2, 0.25) is 5.95 Å². The van der Waals surface area contributed by atoms with Crippen LogP contribution in [0.3, 0.4) is 0 Å². The summed E-state index contributed by atoms with van der Waals surface area (Å²) in [7, 11) is 0. The Morgan fingerprint density at radius 2 is 2.00 bits per heavy atom. The molecule has 2 aromatic rings. The summed E-state index contributed by atoms with van der Waals surface area (Å²) in [6, 6.07) is 8.08. The first-order chi connectivity index (χ1) is 8.54. The van der Waals surface area contributed by atoms with Crippen LogP contribution >= 0.6 is 15.9 Å². The first kappa shape index (κ1) is 13.0. The predicted octanol–water partition coefficient (Wildman–Crippen LogP) is 2.93. The fraction of sp³-hybridized carbons (Fsp3) is 0.308. The number of anilines is 1. The molecule has 0 aliphatic carbocycles. The van der Waals surface area contributed by atoms with Crippen LogP contribution in [-0.2, 0) is 6.42 Å². The fourth-order valence-electron chi connectivity index (χ4n) is 1.62. The number of nitrogen functional groups attached to an aromatic ring is 1. The number of aromatic nitrogens is 3. The number of hydrogen-bond donors (Lipinski definition) is 1. The van der Waals surface area contributed by atoms with Gasteiger partial charge in [0.05, 0.1) is 0 Å². The van der Waals surface area contributed by atoms with E-state index in [0.717, 1.165) is 15.9 Å². The van der Waals surface area contributed by atoms with E-state index in [1.165, 1.54) is 0 Å². The Kier molecular flexibility index (Phi) is 3.91. The molecule has 0 saturated carbocycles. The molecular formula is C13H15BrN4. The Hall–Kier alpha value is -1.49. The molecule has 0 aliphatic heterocycles. The van der Waals surface area contributed by atoms with Crippen LogP contribution in [0.15, 0.2) is 28.7 Å². The average Bonchev–Trinajstić information content (AvgIpc) is 2.28. The summed E-state index contributed by atoms with van der Waals surface area (Å²) in [6.07, 6.45) is 0.659. The smallest absolute Gasteiger partial charge is 0.223 e. The van der Waals surface area contributed by atoms with Crippen molar-refractivity contribution in [2.75, 3.05) is 5.73 Å². The molecule has 0 saturated heterocycles. The topological polar surface area (TPSA) is 64.7 Å². The number of nitrogens with two attached hydrogens (primary N) is 1. The van der Waals surface area contributed by atoms with Crippen molar-refractivity contribution in [3.63, 3.8) is 0 Å². The molecule has 2 N–H and O–H groups in total. The van der Waals surface area contributed by atoms with E-state index < -0.39 is 0 Å². The minimum Gasteiger partial charge on any atom is -0.368 e. The largest absolute Gasteiger partial charge is 0.368 e. The van der Waals surface area contributed by atoms with E-state index in [9.17, 15) is 0 Å². The van der Waals surface area contributed by atoms with Gasteiger partial charge in [-0.3, -0.25) is 0 Å². The lowest BCUT2D eigenvalue weighted by Crippen LogP contribution is -2.08. The van der Waals surface area contributed by atoms with Crippen molar-refractivity contribution < 1.29 is 0 Å². The molecule has 0 atom stereocenters. The van der Waals surface area contributed by atoms with E-state index in [4.69, 9.17) is 5.73 Å². The Morgan fingerprint density at radius 1 is 1.22 bits per heavy atom. The molecule has 0 bridgehead atoms. The average molecular weight is 307 g/mol. The fourth-order valence-corrected chi connectivity index (χ4v) is 2.07. The number of hydrogen-bond acceptors (Lipinski definition) is 4. The molecular weight excluding hydrogens is 292 g/mol. The van der Waals surface area contributed by atoms with E-state index in [0.29, 0.717) is 18.2 Å². The number of halogens is 1. The molecule has 0 radical (unpaired) electrons. The molecule has 18 heavy (non-hydrogen) atoms. The van der Waals surface area contributed by atoms with E-state index in [1.807, 2.05) is 32.0 Å². The highest BCUT2D eigenvalue weighted by Gasteiger charge is 2.08. The Morgan fingerprint density at radius 3 is 2.67 bits per heavy atom. The van der Waals surface area contributed by atoms with Crippen molar-refractivity contribution >= 4 is 21.9 Å². The van der Waals surface area contributed by atoms with Crippen LogP contribution in [0.2, 0.25) is 0 Å². The van der Waals surface area contributed by atoms with Gasteiger partial charge in [0.25, 0.3) is 0 Å². The Bertz CT molecular complexity index is 554. The molecule has 0 unspecified atom stereocenters. The van der Waals surface area contributed by atoms with E-state index in [2.05, 4.69) is 36.9 Å². The van der Waals surface area contributed by atoms with Crippen molar-refractivity contribution in [3.05, 3.63) is 46.0 Å². The summed E-state index contributed by atoms with van der Waals surface area (Å²) < 4.78 is 1.05. The van der Waals surface area contributed by atoms with Gasteiger partial charge in [-0.2, -0.15) is 9.97 Å². The lowest BCUT2D eigenvalue weighted by molar-refractivity contribution is 0.743. The van der Waals surface area contributed by atoms with Crippen molar-refractivity contribution in [2.24, 2.45) is 0 Å². The first-order valence-corrected chi connectivity index (χ1v) is 6.58. The van der Waals surface area contributed by atoms with Gasteiger partial charge in [0.1, 0.15) is 11.6 Å². The predicted molar refractivity (Wildman–Crippen MR) is 75.3 cm³/mol. The maximum atomic E-state index is 5.71. The number of nitrogens with zero attached hydrogens (tertiary/aromatic N) is 3. The maximum absolute atomic E-state index is 5.71. The SMILES string of the molecule is CC(C)c1nc(N)nc(Cc2cccc(Br)c2)n1. The van der Waals surface area contributed by atoms with Gasteiger partial charge in [-0.25, -0.2) is 4.98 Å². The highest BCUT2D eigenvalue weighted by Crippen LogP contribution is 2.15. The lowest BCUT2D eigenvalue weighted by Gasteiger charge is -2.07. The zero-order valence-corrected chi connectivity index (χ0v) is 12.0.